The molecule has 5 rings (SSSR count). The van der Waals surface area contributed by atoms with E-state index in [1.54, 1.807) is 25.7 Å². The van der Waals surface area contributed by atoms with E-state index in [0.717, 1.165) is 0 Å². The average molecular weight is 699 g/mol. The number of hydrogen-bond acceptors (Lipinski definition) is 7. The second-order valence-electron chi connectivity index (χ2n) is 17.0. The molecule has 276 valence electrons. The Labute approximate surface area is 287 Å². The first-order valence-corrected chi connectivity index (χ1v) is 17.4. The number of primary amides is 1. The number of halogens is 3. The molecule has 49 heavy (non-hydrogen) atoms. The highest BCUT2D eigenvalue weighted by molar-refractivity contribution is 5.86. The van der Waals surface area contributed by atoms with Crippen molar-refractivity contribution in [3.8, 4) is 0 Å². The van der Waals surface area contributed by atoms with Gasteiger partial charge < -0.3 is 34.6 Å². The smallest absolute Gasteiger partial charge is 0.410 e. The van der Waals surface area contributed by atoms with Crippen molar-refractivity contribution in [1.29, 1.82) is 0 Å². The van der Waals surface area contributed by atoms with Crippen molar-refractivity contribution < 1.29 is 46.6 Å². The van der Waals surface area contributed by atoms with Crippen LogP contribution in [-0.2, 0) is 28.6 Å². The number of rotatable bonds is 8. The van der Waals surface area contributed by atoms with Gasteiger partial charge in [-0.15, -0.1) is 0 Å². The van der Waals surface area contributed by atoms with Crippen LogP contribution in [0.5, 0.6) is 0 Å². The van der Waals surface area contributed by atoms with Crippen LogP contribution < -0.4 is 5.73 Å². The number of carbonyl (C=O) groups excluding carboxylic acids is 4. The summed E-state index contributed by atoms with van der Waals surface area (Å²) in [5.41, 5.74) is 3.43. The van der Waals surface area contributed by atoms with E-state index in [1.807, 2.05) is 39.8 Å². The molecular formula is C35H53F3N4O7. The molecule has 0 aromatic carbocycles. The van der Waals surface area contributed by atoms with Crippen molar-refractivity contribution in [2.24, 2.45) is 45.7 Å². The minimum atomic E-state index is -4.28. The van der Waals surface area contributed by atoms with E-state index in [-0.39, 0.29) is 89.0 Å². The maximum absolute atomic E-state index is 14.1. The summed E-state index contributed by atoms with van der Waals surface area (Å²) in [5.74, 6) is -3.77. The number of nitrogens with zero attached hydrogens (tertiary/aromatic N) is 3. The first kappa shape index (κ1) is 37.4. The van der Waals surface area contributed by atoms with Crippen molar-refractivity contribution >= 4 is 23.8 Å². The Morgan fingerprint density at radius 3 is 2.14 bits per heavy atom. The number of carbonyl (C=O) groups is 4. The number of piperidine rings is 1. The molecule has 4 amide bonds. The molecule has 14 heteroatoms. The average Bonchev–Trinajstić information content (AvgIpc) is 3.33. The Balaban J connectivity index is 1.27. The zero-order valence-electron chi connectivity index (χ0n) is 29.8. The molecule has 1 spiro atoms. The van der Waals surface area contributed by atoms with Crippen LogP contribution in [0.3, 0.4) is 0 Å². The van der Waals surface area contributed by atoms with Crippen molar-refractivity contribution in [1.82, 2.24) is 14.7 Å². The summed E-state index contributed by atoms with van der Waals surface area (Å²) in [6.07, 6.45) is -1.82. The number of ether oxygens (including phenoxy) is 3. The van der Waals surface area contributed by atoms with Gasteiger partial charge in [-0.05, 0) is 46.0 Å². The fraction of sp³-hybridized carbons (Fsp3) is 0.829. The first-order chi connectivity index (χ1) is 22.6. The maximum atomic E-state index is 14.1. The van der Waals surface area contributed by atoms with Gasteiger partial charge in [-0.3, -0.25) is 14.4 Å². The molecule has 5 aliphatic rings. The van der Waals surface area contributed by atoms with Crippen molar-refractivity contribution in [2.45, 2.75) is 91.7 Å². The lowest BCUT2D eigenvalue weighted by atomic mass is 9.71. The van der Waals surface area contributed by atoms with Crippen LogP contribution >= 0.6 is 0 Å². The molecule has 1 aliphatic carbocycles. The van der Waals surface area contributed by atoms with Gasteiger partial charge in [0.15, 0.2) is 0 Å². The summed E-state index contributed by atoms with van der Waals surface area (Å²) in [6, 6.07) is 0. The second kappa shape index (κ2) is 13.0. The predicted octanol–water partition coefficient (Wildman–Crippen LogP) is 4.00. The normalized spacial score (nSPS) is 31.8. The van der Waals surface area contributed by atoms with E-state index in [0.29, 0.717) is 6.61 Å². The molecule has 0 bridgehead atoms. The highest BCUT2D eigenvalue weighted by atomic mass is 19.4. The molecule has 3 unspecified atom stereocenters. The standard InChI is InChI=1S/C35H53F3N4O7/c1-21-8-11-33(7,19-47-21)20-48-24(14-25(43)40-12-9-22(10-13-40)35(36,37)38)26-27(32(26,5)6)29(45)42-17-34(18-42)16-41(15-23(34)28(39)44)30(46)49-31(2,3)4/h8,11,21-24,26-27H,9-10,12-20H2,1-7H3,(H2,39,44)/t21?,23-,24-,26?,27+,33?/m0/s1. The minimum absolute atomic E-state index is 0.0233. The minimum Gasteiger partial charge on any atom is -0.444 e. The monoisotopic (exact) mass is 698 g/mol. The molecule has 11 nitrogen and oxygen atoms in total. The van der Waals surface area contributed by atoms with Gasteiger partial charge in [-0.25, -0.2) is 4.79 Å². The fourth-order valence-electron chi connectivity index (χ4n) is 8.28. The number of likely N-dealkylation sites (tertiary alicyclic amines) is 3. The van der Waals surface area contributed by atoms with Crippen molar-refractivity contribution in [2.75, 3.05) is 52.5 Å². The van der Waals surface area contributed by atoms with Gasteiger partial charge in [0, 0.05) is 61.9 Å². The van der Waals surface area contributed by atoms with Crippen LogP contribution in [0.25, 0.3) is 0 Å². The predicted molar refractivity (Wildman–Crippen MR) is 173 cm³/mol. The van der Waals surface area contributed by atoms with Crippen molar-refractivity contribution in [3.05, 3.63) is 12.2 Å². The highest BCUT2D eigenvalue weighted by Crippen LogP contribution is 2.63. The Hall–Kier alpha value is -2.87. The Kier molecular flexibility index (Phi) is 9.94. The van der Waals surface area contributed by atoms with Crippen LogP contribution in [0.2, 0.25) is 0 Å². The van der Waals surface area contributed by atoms with Gasteiger partial charge in [0.05, 0.1) is 43.7 Å². The Bertz CT molecular complexity index is 1330. The zero-order valence-corrected chi connectivity index (χ0v) is 29.8. The van der Waals surface area contributed by atoms with E-state index in [1.165, 1.54) is 9.80 Å². The molecule has 0 aromatic rings. The van der Waals surface area contributed by atoms with E-state index >= 15 is 0 Å². The third-order valence-corrected chi connectivity index (χ3v) is 11.3. The number of alkyl halides is 3. The van der Waals surface area contributed by atoms with Crippen LogP contribution in [-0.4, -0.2) is 115 Å². The van der Waals surface area contributed by atoms with E-state index in [2.05, 4.69) is 0 Å². The molecule has 1 saturated carbocycles. The summed E-state index contributed by atoms with van der Waals surface area (Å²) in [6.45, 7) is 14.7. The van der Waals surface area contributed by atoms with E-state index in [9.17, 15) is 32.3 Å². The molecule has 3 saturated heterocycles. The number of nitrogens with two attached hydrogens (primary N) is 1. The van der Waals surface area contributed by atoms with Gasteiger partial charge in [0.1, 0.15) is 5.60 Å². The molecule has 4 fully saturated rings. The molecule has 2 N–H and O–H groups in total. The first-order valence-electron chi connectivity index (χ1n) is 17.4. The Morgan fingerprint density at radius 2 is 1.61 bits per heavy atom. The van der Waals surface area contributed by atoms with Gasteiger partial charge in [-0.2, -0.15) is 13.2 Å². The maximum Gasteiger partial charge on any atom is 0.410 e. The quantitative estimate of drug-likeness (QED) is 0.380. The molecule has 4 aliphatic heterocycles. The number of amides is 4. The van der Waals surface area contributed by atoms with Crippen LogP contribution in [0.4, 0.5) is 18.0 Å². The molecular weight excluding hydrogens is 645 g/mol. The van der Waals surface area contributed by atoms with E-state index in [4.69, 9.17) is 19.9 Å². The molecule has 0 aromatic heterocycles. The largest absolute Gasteiger partial charge is 0.444 e. The van der Waals surface area contributed by atoms with Gasteiger partial charge in [0.2, 0.25) is 17.7 Å². The molecule has 4 heterocycles. The lowest BCUT2D eigenvalue weighted by Gasteiger charge is -2.50. The molecule has 0 radical (unpaired) electrons. The third-order valence-electron chi connectivity index (χ3n) is 11.3. The lowest BCUT2D eigenvalue weighted by Crippen LogP contribution is -2.64. The summed E-state index contributed by atoms with van der Waals surface area (Å²) >= 11 is 0. The summed E-state index contributed by atoms with van der Waals surface area (Å²) < 4.78 is 57.7. The summed E-state index contributed by atoms with van der Waals surface area (Å²) in [4.78, 5) is 57.6. The van der Waals surface area contributed by atoms with Gasteiger partial charge in [-0.1, -0.05) is 32.9 Å². The van der Waals surface area contributed by atoms with Crippen LogP contribution in [0.15, 0.2) is 12.2 Å². The second-order valence-corrected chi connectivity index (χ2v) is 17.0. The van der Waals surface area contributed by atoms with Gasteiger partial charge >= 0.3 is 12.3 Å². The topological polar surface area (TPSA) is 132 Å². The Morgan fingerprint density at radius 1 is 1.00 bits per heavy atom. The van der Waals surface area contributed by atoms with Crippen molar-refractivity contribution in [3.63, 3.8) is 0 Å². The summed E-state index contributed by atoms with van der Waals surface area (Å²) in [7, 11) is 0. The highest BCUT2D eigenvalue weighted by Gasteiger charge is 2.68. The molecule has 6 atom stereocenters. The third kappa shape index (κ3) is 7.89. The van der Waals surface area contributed by atoms with Crippen LogP contribution in [0.1, 0.15) is 67.7 Å². The van der Waals surface area contributed by atoms with Crippen LogP contribution in [0, 0.1) is 39.9 Å². The van der Waals surface area contributed by atoms with E-state index < -0.39 is 63.9 Å². The number of hydrogen-bond donors (Lipinski definition) is 1. The van der Waals surface area contributed by atoms with Gasteiger partial charge in [0.25, 0.3) is 0 Å². The fourth-order valence-corrected chi connectivity index (χ4v) is 8.28. The SMILES string of the molecule is CC1C=CC(C)(CO[C@@H](CC(=O)N2CCC(C(F)(F)F)CC2)C2[C@H](C(=O)N3CC4(CN(C(=O)OC(C)(C)C)C[C@H]4C(N)=O)C3)C2(C)C)CO1. The lowest BCUT2D eigenvalue weighted by molar-refractivity contribution is -0.186. The zero-order chi connectivity index (χ0) is 36.3. The summed E-state index contributed by atoms with van der Waals surface area (Å²) in [5, 5.41) is 0.